The average Bonchev–Trinajstić information content (AvgIpc) is 3.25. The Hall–Kier alpha value is -2.97. The first-order chi connectivity index (χ1) is 13.2. The minimum Gasteiger partial charge on any atom is -0.454 e. The smallest absolute Gasteiger partial charge is 0.270 e. The van der Waals surface area contributed by atoms with Crippen molar-refractivity contribution in [2.24, 2.45) is 0 Å². The molecule has 6 nitrogen and oxygen atoms in total. The van der Waals surface area contributed by atoms with Gasteiger partial charge in [0.15, 0.2) is 15.8 Å². The number of benzene rings is 2. The van der Waals surface area contributed by atoms with Gasteiger partial charge in [-0.25, -0.2) is 4.98 Å². The summed E-state index contributed by atoms with van der Waals surface area (Å²) < 4.78 is 11.2. The third-order valence-corrected chi connectivity index (χ3v) is 5.46. The minimum absolute atomic E-state index is 0.178. The van der Waals surface area contributed by atoms with E-state index in [0.717, 1.165) is 11.0 Å². The topological polar surface area (TPSA) is 64.6 Å². The van der Waals surface area contributed by atoms with Crippen LogP contribution in [0.1, 0.15) is 5.69 Å². The Kier molecular flexibility index (Phi) is 3.80. The molecule has 1 saturated heterocycles. The van der Waals surface area contributed by atoms with Gasteiger partial charge in [-0.05, 0) is 30.3 Å². The summed E-state index contributed by atoms with van der Waals surface area (Å²) in [6, 6.07) is 12.9. The van der Waals surface area contributed by atoms with E-state index in [1.54, 1.807) is 30.5 Å². The lowest BCUT2D eigenvalue weighted by atomic mass is 10.2. The van der Waals surface area contributed by atoms with E-state index in [1.807, 2.05) is 24.3 Å². The zero-order valence-corrected chi connectivity index (χ0v) is 15.4. The summed E-state index contributed by atoms with van der Waals surface area (Å²) in [6.07, 6.45) is 3.36. The third-order valence-electron chi connectivity index (χ3n) is 4.15. The minimum atomic E-state index is -0.196. The maximum atomic E-state index is 12.9. The molecule has 1 aromatic heterocycles. The summed E-state index contributed by atoms with van der Waals surface area (Å²) in [5.74, 6) is 1.07. The lowest BCUT2D eigenvalue weighted by molar-refractivity contribution is -0.113. The predicted molar refractivity (Wildman–Crippen MR) is 108 cm³/mol. The van der Waals surface area contributed by atoms with Gasteiger partial charge in [0, 0.05) is 6.07 Å². The van der Waals surface area contributed by atoms with Gasteiger partial charge < -0.3 is 9.47 Å². The molecular weight excluding hydrogens is 382 g/mol. The van der Waals surface area contributed by atoms with Gasteiger partial charge in [-0.3, -0.25) is 14.7 Å². The number of anilines is 1. The zero-order chi connectivity index (χ0) is 18.4. The van der Waals surface area contributed by atoms with Crippen molar-refractivity contribution in [3.8, 4) is 11.5 Å². The summed E-state index contributed by atoms with van der Waals surface area (Å²) in [5, 5.41) is 0. The highest BCUT2D eigenvalue weighted by Gasteiger charge is 2.34. The monoisotopic (exact) mass is 393 g/mol. The van der Waals surface area contributed by atoms with Crippen molar-refractivity contribution in [3.05, 3.63) is 59.3 Å². The van der Waals surface area contributed by atoms with Crippen molar-refractivity contribution in [3.63, 3.8) is 0 Å². The molecule has 2 aliphatic rings. The Balaban J connectivity index is 1.48. The van der Waals surface area contributed by atoms with E-state index in [-0.39, 0.29) is 12.7 Å². The summed E-state index contributed by atoms with van der Waals surface area (Å²) in [5.41, 5.74) is 2.84. The number of carbonyl (C=O) groups excluding carboxylic acids is 1. The number of ether oxygens (including phenoxy) is 2. The van der Waals surface area contributed by atoms with Crippen LogP contribution in [-0.4, -0.2) is 27.0 Å². The van der Waals surface area contributed by atoms with Crippen LogP contribution in [0.5, 0.6) is 11.5 Å². The van der Waals surface area contributed by atoms with Gasteiger partial charge in [-0.1, -0.05) is 36.1 Å². The molecule has 0 saturated carbocycles. The van der Waals surface area contributed by atoms with Crippen LogP contribution >= 0.6 is 24.0 Å². The second-order valence-corrected chi connectivity index (χ2v) is 7.51. The Morgan fingerprint density at radius 3 is 2.81 bits per heavy atom. The van der Waals surface area contributed by atoms with E-state index in [0.29, 0.717) is 32.1 Å². The van der Waals surface area contributed by atoms with Crippen molar-refractivity contribution >= 4 is 57.0 Å². The average molecular weight is 393 g/mol. The van der Waals surface area contributed by atoms with E-state index in [1.165, 1.54) is 16.7 Å². The van der Waals surface area contributed by atoms with Gasteiger partial charge >= 0.3 is 0 Å². The fourth-order valence-corrected chi connectivity index (χ4v) is 4.17. The van der Waals surface area contributed by atoms with Gasteiger partial charge in [-0.2, -0.15) is 0 Å². The van der Waals surface area contributed by atoms with Gasteiger partial charge in [-0.15, -0.1) is 0 Å². The number of carbonyl (C=O) groups is 1. The van der Waals surface area contributed by atoms with Crippen LogP contribution in [0.25, 0.3) is 17.1 Å². The van der Waals surface area contributed by atoms with Crippen molar-refractivity contribution in [2.75, 3.05) is 11.7 Å². The largest absolute Gasteiger partial charge is 0.454 e. The number of nitrogens with zero attached hydrogens (tertiary/aromatic N) is 3. The van der Waals surface area contributed by atoms with Gasteiger partial charge in [0.05, 0.1) is 33.5 Å². The molecule has 0 unspecified atom stereocenters. The van der Waals surface area contributed by atoms with Crippen LogP contribution in [0.4, 0.5) is 5.69 Å². The molecule has 0 N–H and O–H groups in total. The fourth-order valence-electron chi connectivity index (χ4n) is 2.89. The van der Waals surface area contributed by atoms with Crippen LogP contribution in [0.15, 0.2) is 53.6 Å². The Bertz CT molecular complexity index is 1150. The van der Waals surface area contributed by atoms with Gasteiger partial charge in [0.1, 0.15) is 0 Å². The summed E-state index contributed by atoms with van der Waals surface area (Å²) in [4.78, 5) is 23.8. The molecule has 0 aliphatic carbocycles. The first-order valence-corrected chi connectivity index (χ1v) is 9.31. The lowest BCUT2D eigenvalue weighted by Crippen LogP contribution is -2.27. The Labute approximate surface area is 163 Å². The standard InChI is InChI=1S/C19H11N3O3S2/c23-18-17(7-11-9-20-13-3-1-2-4-14(13)21-11)27-19(26)22(18)12-5-6-15-16(8-12)25-10-24-15/h1-9H,10H2. The molecule has 0 atom stereocenters. The molecule has 1 amide bonds. The Morgan fingerprint density at radius 2 is 1.93 bits per heavy atom. The molecule has 5 rings (SSSR count). The summed E-state index contributed by atoms with van der Waals surface area (Å²) >= 11 is 6.66. The van der Waals surface area contributed by atoms with Gasteiger partial charge in [0.25, 0.3) is 5.91 Å². The molecule has 0 bridgehead atoms. The molecule has 2 aromatic carbocycles. The maximum absolute atomic E-state index is 12.9. The highest BCUT2D eigenvalue weighted by molar-refractivity contribution is 8.27. The van der Waals surface area contributed by atoms with E-state index in [9.17, 15) is 4.79 Å². The summed E-state index contributed by atoms with van der Waals surface area (Å²) in [6.45, 7) is 0.178. The number of amides is 1. The molecule has 2 aliphatic heterocycles. The number of aromatic nitrogens is 2. The van der Waals surface area contributed by atoms with E-state index in [4.69, 9.17) is 21.7 Å². The highest BCUT2D eigenvalue weighted by atomic mass is 32.2. The molecule has 0 radical (unpaired) electrons. The first-order valence-electron chi connectivity index (χ1n) is 8.08. The molecule has 3 aromatic rings. The van der Waals surface area contributed by atoms with E-state index < -0.39 is 0 Å². The van der Waals surface area contributed by atoms with Crippen LogP contribution in [0, 0.1) is 0 Å². The third kappa shape index (κ3) is 2.83. The molecule has 27 heavy (non-hydrogen) atoms. The van der Waals surface area contributed by atoms with Gasteiger partial charge in [0.2, 0.25) is 6.79 Å². The quantitative estimate of drug-likeness (QED) is 0.485. The second-order valence-electron chi connectivity index (χ2n) is 5.84. The van der Waals surface area contributed by atoms with Crippen LogP contribution in [0.3, 0.4) is 0 Å². The normalized spacial score (nSPS) is 17.3. The predicted octanol–water partition coefficient (Wildman–Crippen LogP) is 3.76. The number of hydrogen-bond acceptors (Lipinski definition) is 7. The Morgan fingerprint density at radius 1 is 1.11 bits per heavy atom. The highest BCUT2D eigenvalue weighted by Crippen LogP contribution is 2.40. The van der Waals surface area contributed by atoms with Crippen molar-refractivity contribution in [1.29, 1.82) is 0 Å². The SMILES string of the molecule is O=C1C(=Cc2cnc3ccccc3n2)SC(=S)N1c1ccc2c(c1)OCO2. The van der Waals surface area contributed by atoms with Crippen LogP contribution in [-0.2, 0) is 4.79 Å². The fraction of sp³-hybridized carbons (Fsp3) is 0.0526. The van der Waals surface area contributed by atoms with Crippen molar-refractivity contribution in [1.82, 2.24) is 9.97 Å². The maximum Gasteiger partial charge on any atom is 0.270 e. The number of rotatable bonds is 2. The number of thiocarbonyl (C=S) groups is 1. The second kappa shape index (κ2) is 6.33. The lowest BCUT2D eigenvalue weighted by Gasteiger charge is -2.14. The molecular formula is C19H11N3O3S2. The number of fused-ring (bicyclic) bond motifs is 2. The van der Waals surface area contributed by atoms with E-state index >= 15 is 0 Å². The van der Waals surface area contributed by atoms with E-state index in [2.05, 4.69) is 9.97 Å². The first kappa shape index (κ1) is 16.2. The van der Waals surface area contributed by atoms with Crippen LogP contribution in [0.2, 0.25) is 0 Å². The number of hydrogen-bond donors (Lipinski definition) is 0. The molecule has 0 spiro atoms. The van der Waals surface area contributed by atoms with Crippen LogP contribution < -0.4 is 14.4 Å². The summed E-state index contributed by atoms with van der Waals surface area (Å²) in [7, 11) is 0. The van der Waals surface area contributed by atoms with Crippen molar-refractivity contribution < 1.29 is 14.3 Å². The molecule has 3 heterocycles. The van der Waals surface area contributed by atoms with Crippen molar-refractivity contribution in [2.45, 2.75) is 0 Å². The molecule has 8 heteroatoms. The molecule has 132 valence electrons. The number of para-hydroxylation sites is 2. The zero-order valence-electron chi connectivity index (χ0n) is 13.8. The number of thioether (sulfide) groups is 1. The molecule has 1 fully saturated rings.